The highest BCUT2D eigenvalue weighted by Gasteiger charge is 2.42. The lowest BCUT2D eigenvalue weighted by Gasteiger charge is -2.41. The predicted octanol–water partition coefficient (Wildman–Crippen LogP) is 18.0. The summed E-state index contributed by atoms with van der Waals surface area (Å²) in [6.45, 7) is 7.74. The zero-order chi connectivity index (χ0) is 52.1. The van der Waals surface area contributed by atoms with Gasteiger partial charge >= 0.3 is 0 Å². The van der Waals surface area contributed by atoms with Crippen molar-refractivity contribution in [3.05, 3.63) is 260 Å². The van der Waals surface area contributed by atoms with E-state index < -0.39 is 0 Å². The fraction of sp³-hybridized carbons (Fsp3) is 0.0933. The van der Waals surface area contributed by atoms with Crippen LogP contribution < -0.4 is 26.0 Å². The third-order valence-electron chi connectivity index (χ3n) is 16.7. The molecule has 0 atom stereocenters. The van der Waals surface area contributed by atoms with Crippen molar-refractivity contribution in [2.24, 2.45) is 5.41 Å². The van der Waals surface area contributed by atoms with Gasteiger partial charge in [-0.3, -0.25) is 0 Å². The first-order valence-corrected chi connectivity index (χ1v) is 27.7. The molecule has 3 heteroatoms. The van der Waals surface area contributed by atoms with Crippen LogP contribution in [0, 0.1) is 5.41 Å². The van der Waals surface area contributed by atoms with E-state index in [2.05, 4.69) is 274 Å². The molecule has 2 aliphatic rings. The summed E-state index contributed by atoms with van der Waals surface area (Å²) >= 11 is 0. The number of hydrogen-bond donors (Lipinski definition) is 0. The van der Waals surface area contributed by atoms with Crippen LogP contribution in [-0.2, 0) is 12.8 Å². The predicted molar refractivity (Wildman–Crippen MR) is 333 cm³/mol. The molecule has 0 saturated carbocycles. The third kappa shape index (κ3) is 7.79. The summed E-state index contributed by atoms with van der Waals surface area (Å²) in [4.78, 5) is 2.64. The van der Waals surface area contributed by atoms with E-state index in [4.69, 9.17) is 4.74 Å². The Balaban J connectivity index is 0.911. The fourth-order valence-electron chi connectivity index (χ4n) is 13.4. The number of hydrogen-bond acceptors (Lipinski definition) is 2. The van der Waals surface area contributed by atoms with Gasteiger partial charge in [0.2, 0.25) is 0 Å². The Labute approximate surface area is 457 Å². The van der Waals surface area contributed by atoms with Crippen molar-refractivity contribution in [1.29, 1.82) is 0 Å². The second kappa shape index (κ2) is 18.3. The van der Waals surface area contributed by atoms with Crippen molar-refractivity contribution in [3.63, 3.8) is 0 Å². The number of rotatable bonds is 9. The lowest BCUT2D eigenvalue weighted by Crippen LogP contribution is -2.60. The Bertz CT molecular complexity index is 4400. The van der Waals surface area contributed by atoms with Gasteiger partial charge in [-0.05, 0) is 193 Å². The minimum absolute atomic E-state index is 0.0502. The van der Waals surface area contributed by atoms with Crippen LogP contribution in [0.2, 0.25) is 0 Å². The number of ether oxygens (including phenoxy) is 1. The summed E-state index contributed by atoms with van der Waals surface area (Å²) in [5.41, 5.74) is 21.0. The second-order valence-electron chi connectivity index (χ2n) is 22.9. The van der Waals surface area contributed by atoms with Gasteiger partial charge in [-0.2, -0.15) is 0 Å². The Hall–Kier alpha value is -9.18. The molecule has 0 aliphatic carbocycles. The number of benzene rings is 13. The first kappa shape index (κ1) is 46.2. The van der Waals surface area contributed by atoms with Gasteiger partial charge in [0, 0.05) is 17.9 Å². The third-order valence-corrected chi connectivity index (χ3v) is 16.7. The lowest BCUT2D eigenvalue weighted by molar-refractivity contribution is 0.410. The van der Waals surface area contributed by atoms with E-state index in [1.807, 2.05) is 0 Å². The molecule has 0 amide bonds. The molecule has 2 nitrogen and oxygen atoms in total. The molecule has 0 radical (unpaired) electrons. The van der Waals surface area contributed by atoms with Crippen LogP contribution in [0.4, 0.5) is 11.4 Å². The summed E-state index contributed by atoms with van der Waals surface area (Å²) < 4.78 is 7.43. The van der Waals surface area contributed by atoms with Gasteiger partial charge in [0.15, 0.2) is 0 Å². The Kier molecular flexibility index (Phi) is 10.8. The van der Waals surface area contributed by atoms with Crippen LogP contribution in [0.15, 0.2) is 249 Å². The molecule has 2 aliphatic heterocycles. The van der Waals surface area contributed by atoms with Gasteiger partial charge in [0.05, 0.1) is 0 Å². The van der Waals surface area contributed by atoms with Gasteiger partial charge in [0.1, 0.15) is 11.5 Å². The molecule has 0 unspecified atom stereocenters. The van der Waals surface area contributed by atoms with Gasteiger partial charge in [0.25, 0.3) is 6.71 Å². The van der Waals surface area contributed by atoms with Crippen LogP contribution >= 0.6 is 0 Å². The molecule has 0 fully saturated rings. The van der Waals surface area contributed by atoms with E-state index in [0.717, 1.165) is 36.4 Å². The Morgan fingerprint density at radius 2 is 0.923 bits per heavy atom. The molecule has 2 heterocycles. The zero-order valence-electron chi connectivity index (χ0n) is 44.2. The van der Waals surface area contributed by atoms with Gasteiger partial charge < -0.3 is 9.64 Å². The lowest BCUT2D eigenvalue weighted by atomic mass is 9.34. The Morgan fingerprint density at radius 3 is 1.55 bits per heavy atom. The van der Waals surface area contributed by atoms with Crippen molar-refractivity contribution < 1.29 is 4.74 Å². The SMILES string of the molecule is CC(C)(C)Cc1cc2c3c(c1)N(CCc1c(-c4ccccc4)cc(-c4ccccc4)cc1-c1ccccc1)c1ccc(-c4ccccc4)cc1B3c1ccc(-c3cc4cccc5c6cccc7cccc(c(c3)c45)c76)cc1O2. The van der Waals surface area contributed by atoms with E-state index in [-0.39, 0.29) is 12.1 Å². The summed E-state index contributed by atoms with van der Waals surface area (Å²) in [7, 11) is 0. The normalized spacial score (nSPS) is 12.8. The highest BCUT2D eigenvalue weighted by molar-refractivity contribution is 6.99. The van der Waals surface area contributed by atoms with E-state index in [9.17, 15) is 0 Å². The molecule has 78 heavy (non-hydrogen) atoms. The molecule has 0 bridgehead atoms. The minimum atomic E-state index is -0.0502. The topological polar surface area (TPSA) is 12.5 Å². The van der Waals surface area contributed by atoms with E-state index in [1.54, 1.807) is 0 Å². The number of nitrogens with zero attached hydrogens (tertiary/aromatic N) is 1. The van der Waals surface area contributed by atoms with Crippen molar-refractivity contribution in [2.45, 2.75) is 33.6 Å². The molecule has 0 N–H and O–H groups in total. The molecule has 370 valence electrons. The maximum Gasteiger partial charge on any atom is 0.256 e. The summed E-state index contributed by atoms with van der Waals surface area (Å²) in [5, 5.41) is 10.4. The second-order valence-corrected chi connectivity index (χ2v) is 22.9. The fourth-order valence-corrected chi connectivity index (χ4v) is 13.4. The first-order chi connectivity index (χ1) is 38.3. The molecule has 0 aromatic heterocycles. The number of anilines is 2. The average Bonchev–Trinajstić information content (AvgIpc) is 3.33. The highest BCUT2D eigenvalue weighted by Crippen LogP contribution is 2.45. The van der Waals surface area contributed by atoms with Crippen LogP contribution in [0.25, 0.3) is 98.7 Å². The molecule has 0 spiro atoms. The molecule has 0 saturated heterocycles. The van der Waals surface area contributed by atoms with E-state index in [0.29, 0.717) is 0 Å². The van der Waals surface area contributed by atoms with Gasteiger partial charge in [-0.1, -0.05) is 221 Å². The van der Waals surface area contributed by atoms with Gasteiger partial charge in [-0.25, -0.2) is 0 Å². The van der Waals surface area contributed by atoms with Crippen molar-refractivity contribution in [1.82, 2.24) is 0 Å². The quantitative estimate of drug-likeness (QED) is 0.0812. The highest BCUT2D eigenvalue weighted by atomic mass is 16.5. The van der Waals surface area contributed by atoms with Crippen molar-refractivity contribution >= 4 is 77.6 Å². The first-order valence-electron chi connectivity index (χ1n) is 27.7. The van der Waals surface area contributed by atoms with Crippen molar-refractivity contribution in [2.75, 3.05) is 11.4 Å². The van der Waals surface area contributed by atoms with Crippen molar-refractivity contribution in [3.8, 4) is 67.1 Å². The minimum Gasteiger partial charge on any atom is -0.458 e. The summed E-state index contributed by atoms with van der Waals surface area (Å²) in [6, 6.07) is 92.8. The van der Waals surface area contributed by atoms with Gasteiger partial charge in [-0.15, -0.1) is 0 Å². The average molecular weight is 998 g/mol. The monoisotopic (exact) mass is 997 g/mol. The molecule has 13 aromatic rings. The van der Waals surface area contributed by atoms with Crippen LogP contribution in [-0.4, -0.2) is 13.3 Å². The largest absolute Gasteiger partial charge is 0.458 e. The smallest absolute Gasteiger partial charge is 0.256 e. The van der Waals surface area contributed by atoms with E-state index in [1.165, 1.54) is 132 Å². The molecule has 13 aromatic carbocycles. The van der Waals surface area contributed by atoms with Crippen LogP contribution in [0.5, 0.6) is 11.5 Å². The molecular weight excluding hydrogens is 942 g/mol. The standard InChI is InChI=1S/C75H56BNO/c1-75(2,3)47-48-39-69-74-71(40-48)78-70-46-55(57-41-56-29-18-31-61-60-30-16-27-53-28-17-32-62(72(53)60)65(44-57)73(56)61)33-35-66(70)76(74)67-45-54(49-19-8-4-9-20-49)34-36-68(67)77(69)38-37-59-63(51-23-12-6-13-24-51)42-58(50-21-10-5-11-22-50)43-64(59)52-25-14-7-15-26-52/h4-36,39-46H,37-38,47H2,1-3H3. The maximum absolute atomic E-state index is 7.43. The number of fused-ring (bicyclic) bond motifs is 6. The molecular formula is C75H56BNO. The van der Waals surface area contributed by atoms with Crippen LogP contribution in [0.3, 0.4) is 0 Å². The summed E-state index contributed by atoms with van der Waals surface area (Å²) in [5.74, 6) is 1.87. The zero-order valence-corrected chi connectivity index (χ0v) is 44.2. The Morgan fingerprint density at radius 1 is 0.385 bits per heavy atom. The maximum atomic E-state index is 7.43. The van der Waals surface area contributed by atoms with Crippen LogP contribution in [0.1, 0.15) is 31.9 Å². The van der Waals surface area contributed by atoms with E-state index >= 15 is 0 Å². The summed E-state index contributed by atoms with van der Waals surface area (Å²) in [6.07, 6.45) is 1.72. The molecule has 15 rings (SSSR count).